The summed E-state index contributed by atoms with van der Waals surface area (Å²) in [5, 5.41) is 0. The third-order valence-electron chi connectivity index (χ3n) is 2.49. The Bertz CT molecular complexity index is 423. The quantitative estimate of drug-likeness (QED) is 0.691. The first-order valence-corrected chi connectivity index (χ1v) is 4.71. The Morgan fingerprint density at radius 3 is 2.80 bits per heavy atom. The van der Waals surface area contributed by atoms with Crippen LogP contribution in [-0.2, 0) is 15.1 Å². The number of hydrogen-bond donors (Lipinski definition) is 0. The van der Waals surface area contributed by atoms with Gasteiger partial charge in [0.05, 0.1) is 7.11 Å². The second-order valence-corrected chi connectivity index (χ2v) is 3.59. The van der Waals surface area contributed by atoms with E-state index in [2.05, 4.69) is 0 Å². The fourth-order valence-corrected chi connectivity index (χ4v) is 1.59. The third kappa shape index (κ3) is 1.73. The van der Waals surface area contributed by atoms with Gasteiger partial charge in [-0.2, -0.15) is 0 Å². The monoisotopic (exact) mass is 204 g/mol. The smallest absolute Gasteiger partial charge is 0.331 e. The average Bonchev–Trinajstić information content (AvgIpc) is 2.60. The van der Waals surface area contributed by atoms with Gasteiger partial charge in [-0.15, -0.1) is 0 Å². The molecule has 3 nitrogen and oxygen atoms in total. The molecule has 1 aliphatic heterocycles. The van der Waals surface area contributed by atoms with Gasteiger partial charge >= 0.3 is 5.97 Å². The SMILES string of the molecule is COc1cccc([C@@]2(C)C=CC(=O)O2)c1. The van der Waals surface area contributed by atoms with Crippen LogP contribution in [0.25, 0.3) is 0 Å². The first kappa shape index (κ1) is 9.77. The number of cyclic esters (lactones) is 1. The second kappa shape index (κ2) is 3.42. The molecule has 1 heterocycles. The van der Waals surface area contributed by atoms with Crippen molar-refractivity contribution in [1.29, 1.82) is 0 Å². The largest absolute Gasteiger partial charge is 0.497 e. The summed E-state index contributed by atoms with van der Waals surface area (Å²) in [6.45, 7) is 1.85. The first-order chi connectivity index (χ1) is 7.14. The van der Waals surface area contributed by atoms with Gasteiger partial charge in [-0.3, -0.25) is 0 Å². The molecular weight excluding hydrogens is 192 g/mol. The molecule has 0 aromatic heterocycles. The molecule has 0 bridgehead atoms. The van der Waals surface area contributed by atoms with Gasteiger partial charge in [0, 0.05) is 11.6 Å². The average molecular weight is 204 g/mol. The maximum Gasteiger partial charge on any atom is 0.331 e. The summed E-state index contributed by atoms with van der Waals surface area (Å²) in [4.78, 5) is 11.0. The second-order valence-electron chi connectivity index (χ2n) is 3.59. The summed E-state index contributed by atoms with van der Waals surface area (Å²) < 4.78 is 10.4. The minimum Gasteiger partial charge on any atom is -0.497 e. The van der Waals surface area contributed by atoms with Crippen molar-refractivity contribution in [2.24, 2.45) is 0 Å². The lowest BCUT2D eigenvalue weighted by Crippen LogP contribution is -2.20. The van der Waals surface area contributed by atoms with E-state index in [4.69, 9.17) is 9.47 Å². The molecule has 0 unspecified atom stereocenters. The Balaban J connectivity index is 2.37. The van der Waals surface area contributed by atoms with Crippen LogP contribution in [0, 0.1) is 0 Å². The van der Waals surface area contributed by atoms with E-state index in [1.165, 1.54) is 6.08 Å². The number of carbonyl (C=O) groups excluding carboxylic acids is 1. The van der Waals surface area contributed by atoms with E-state index in [1.54, 1.807) is 13.2 Å². The summed E-state index contributed by atoms with van der Waals surface area (Å²) in [6.07, 6.45) is 3.20. The Morgan fingerprint density at radius 1 is 1.40 bits per heavy atom. The van der Waals surface area contributed by atoms with E-state index in [0.717, 1.165) is 11.3 Å². The molecule has 1 atom stereocenters. The molecule has 15 heavy (non-hydrogen) atoms. The molecule has 0 saturated heterocycles. The molecule has 2 rings (SSSR count). The Kier molecular flexibility index (Phi) is 2.23. The van der Waals surface area contributed by atoms with Gasteiger partial charge in [-0.25, -0.2) is 4.79 Å². The van der Waals surface area contributed by atoms with Crippen molar-refractivity contribution in [2.45, 2.75) is 12.5 Å². The van der Waals surface area contributed by atoms with Gasteiger partial charge in [0.15, 0.2) is 5.60 Å². The summed E-state index contributed by atoms with van der Waals surface area (Å²) >= 11 is 0. The first-order valence-electron chi connectivity index (χ1n) is 4.71. The molecule has 78 valence electrons. The van der Waals surface area contributed by atoms with Crippen molar-refractivity contribution in [3.63, 3.8) is 0 Å². The fourth-order valence-electron chi connectivity index (χ4n) is 1.59. The van der Waals surface area contributed by atoms with E-state index >= 15 is 0 Å². The number of benzene rings is 1. The van der Waals surface area contributed by atoms with Crippen molar-refractivity contribution in [3.8, 4) is 5.75 Å². The number of esters is 1. The van der Waals surface area contributed by atoms with Gasteiger partial charge in [0.2, 0.25) is 0 Å². The van der Waals surface area contributed by atoms with Gasteiger partial charge in [0.1, 0.15) is 5.75 Å². The van der Waals surface area contributed by atoms with Crippen molar-refractivity contribution < 1.29 is 14.3 Å². The minimum atomic E-state index is -0.661. The number of carbonyl (C=O) groups is 1. The predicted molar refractivity (Wildman–Crippen MR) is 55.6 cm³/mol. The Morgan fingerprint density at radius 2 is 2.20 bits per heavy atom. The molecule has 1 aromatic carbocycles. The number of rotatable bonds is 2. The van der Waals surface area contributed by atoms with Crippen LogP contribution in [0.15, 0.2) is 36.4 Å². The zero-order chi connectivity index (χ0) is 10.9. The van der Waals surface area contributed by atoms with Gasteiger partial charge in [-0.05, 0) is 25.1 Å². The normalized spacial score (nSPS) is 24.0. The lowest BCUT2D eigenvalue weighted by atomic mass is 9.96. The highest BCUT2D eigenvalue weighted by atomic mass is 16.6. The van der Waals surface area contributed by atoms with E-state index < -0.39 is 5.60 Å². The molecule has 0 aliphatic carbocycles. The van der Waals surface area contributed by atoms with Crippen molar-refractivity contribution >= 4 is 5.97 Å². The lowest BCUT2D eigenvalue weighted by Gasteiger charge is -2.22. The van der Waals surface area contributed by atoms with E-state index in [1.807, 2.05) is 31.2 Å². The summed E-state index contributed by atoms with van der Waals surface area (Å²) in [7, 11) is 1.61. The fraction of sp³-hybridized carbons (Fsp3) is 0.250. The third-order valence-corrected chi connectivity index (χ3v) is 2.49. The van der Waals surface area contributed by atoms with Gasteiger partial charge < -0.3 is 9.47 Å². The van der Waals surface area contributed by atoms with Crippen LogP contribution in [0.4, 0.5) is 0 Å². The molecule has 3 heteroatoms. The molecule has 1 aliphatic rings. The van der Waals surface area contributed by atoms with Crippen LogP contribution in [0.1, 0.15) is 12.5 Å². The number of ether oxygens (including phenoxy) is 2. The molecular formula is C12H12O3. The molecule has 0 saturated carbocycles. The van der Waals surface area contributed by atoms with Crippen molar-refractivity contribution in [1.82, 2.24) is 0 Å². The maximum atomic E-state index is 11.0. The van der Waals surface area contributed by atoms with Crippen LogP contribution in [0.2, 0.25) is 0 Å². The van der Waals surface area contributed by atoms with E-state index in [-0.39, 0.29) is 5.97 Å². The molecule has 0 N–H and O–H groups in total. The summed E-state index contributed by atoms with van der Waals surface area (Å²) in [6, 6.07) is 7.50. The summed E-state index contributed by atoms with van der Waals surface area (Å²) in [5.41, 5.74) is 0.245. The highest BCUT2D eigenvalue weighted by Crippen LogP contribution is 2.32. The molecule has 0 spiro atoms. The highest BCUT2D eigenvalue weighted by molar-refractivity contribution is 5.85. The van der Waals surface area contributed by atoms with Gasteiger partial charge in [0.25, 0.3) is 0 Å². The minimum absolute atomic E-state index is 0.305. The van der Waals surface area contributed by atoms with Crippen LogP contribution in [0.3, 0.4) is 0 Å². The number of methoxy groups -OCH3 is 1. The molecule has 0 fully saturated rings. The van der Waals surface area contributed by atoms with Crippen LogP contribution < -0.4 is 4.74 Å². The predicted octanol–water partition coefficient (Wildman–Crippen LogP) is 2.02. The number of hydrogen-bond acceptors (Lipinski definition) is 3. The zero-order valence-corrected chi connectivity index (χ0v) is 8.69. The Hall–Kier alpha value is -1.77. The molecule has 0 radical (unpaired) electrons. The van der Waals surface area contributed by atoms with Crippen LogP contribution in [-0.4, -0.2) is 13.1 Å². The Labute approximate surface area is 88.3 Å². The lowest BCUT2D eigenvalue weighted by molar-refractivity contribution is -0.145. The zero-order valence-electron chi connectivity index (χ0n) is 8.69. The van der Waals surface area contributed by atoms with Crippen molar-refractivity contribution in [2.75, 3.05) is 7.11 Å². The van der Waals surface area contributed by atoms with E-state index in [9.17, 15) is 4.79 Å². The standard InChI is InChI=1S/C12H12O3/c1-12(7-6-11(13)15-12)9-4-3-5-10(8-9)14-2/h3-8H,1-2H3/t12-/m1/s1. The molecule has 0 amide bonds. The summed E-state index contributed by atoms with van der Waals surface area (Å²) in [5.74, 6) is 0.449. The topological polar surface area (TPSA) is 35.5 Å². The van der Waals surface area contributed by atoms with Crippen LogP contribution in [0.5, 0.6) is 5.75 Å². The molecule has 1 aromatic rings. The van der Waals surface area contributed by atoms with E-state index in [0.29, 0.717) is 0 Å². The maximum absolute atomic E-state index is 11.0. The van der Waals surface area contributed by atoms with Gasteiger partial charge in [-0.1, -0.05) is 12.1 Å². The van der Waals surface area contributed by atoms with Crippen LogP contribution >= 0.6 is 0 Å². The highest BCUT2D eigenvalue weighted by Gasteiger charge is 2.32. The van der Waals surface area contributed by atoms with Crippen molar-refractivity contribution in [3.05, 3.63) is 42.0 Å².